The van der Waals surface area contributed by atoms with Crippen molar-refractivity contribution in [3.8, 4) is 0 Å². The third kappa shape index (κ3) is 2.16. The molecular formula is C14H24O4. The van der Waals surface area contributed by atoms with Crippen molar-refractivity contribution in [1.82, 2.24) is 0 Å². The van der Waals surface area contributed by atoms with Gasteiger partial charge in [-0.3, -0.25) is 0 Å². The molecule has 1 saturated heterocycles. The highest BCUT2D eigenvalue weighted by Crippen LogP contribution is 2.55. The normalized spacial score (nSPS) is 30.2. The predicted octanol–water partition coefficient (Wildman–Crippen LogP) is 2.20. The summed E-state index contributed by atoms with van der Waals surface area (Å²) >= 11 is 0. The lowest BCUT2D eigenvalue weighted by atomic mass is 9.64. The van der Waals surface area contributed by atoms with Gasteiger partial charge >= 0.3 is 5.97 Å². The number of carboxylic acids is 1. The van der Waals surface area contributed by atoms with E-state index in [1.54, 1.807) is 0 Å². The van der Waals surface area contributed by atoms with E-state index < -0.39 is 11.6 Å². The number of aliphatic carboxylic acids is 1. The number of ether oxygens (including phenoxy) is 1. The van der Waals surface area contributed by atoms with Crippen LogP contribution in [-0.4, -0.2) is 35.0 Å². The summed E-state index contributed by atoms with van der Waals surface area (Å²) in [6.45, 7) is 3.34. The Labute approximate surface area is 108 Å². The van der Waals surface area contributed by atoms with Crippen molar-refractivity contribution in [1.29, 1.82) is 0 Å². The number of hydrogen-bond donors (Lipinski definition) is 2. The number of carboxylic acid groups (broad SMARTS) is 1. The molecule has 2 fully saturated rings. The lowest BCUT2D eigenvalue weighted by Crippen LogP contribution is -2.52. The van der Waals surface area contributed by atoms with Crippen LogP contribution in [0.4, 0.5) is 0 Å². The lowest BCUT2D eigenvalue weighted by molar-refractivity contribution is -0.175. The molecule has 104 valence electrons. The van der Waals surface area contributed by atoms with Crippen LogP contribution in [0.5, 0.6) is 0 Å². The Balaban J connectivity index is 2.25. The molecular weight excluding hydrogens is 232 g/mol. The van der Waals surface area contributed by atoms with Crippen molar-refractivity contribution in [3.63, 3.8) is 0 Å². The summed E-state index contributed by atoms with van der Waals surface area (Å²) in [5.41, 5.74) is -1.54. The average Bonchev–Trinajstić information content (AvgIpc) is 2.74. The maximum absolute atomic E-state index is 11.5. The monoisotopic (exact) mass is 256 g/mol. The van der Waals surface area contributed by atoms with Gasteiger partial charge < -0.3 is 14.9 Å². The lowest BCUT2D eigenvalue weighted by Gasteiger charge is -2.44. The summed E-state index contributed by atoms with van der Waals surface area (Å²) in [7, 11) is 0. The molecule has 0 radical (unpaired) electrons. The number of aliphatic hydroxyl groups is 1. The number of hydrogen-bond acceptors (Lipinski definition) is 3. The Morgan fingerprint density at radius 2 is 2.06 bits per heavy atom. The molecule has 1 heterocycles. The molecule has 2 unspecified atom stereocenters. The minimum Gasteiger partial charge on any atom is -0.479 e. The Morgan fingerprint density at radius 1 is 1.39 bits per heavy atom. The van der Waals surface area contributed by atoms with Crippen LogP contribution in [0, 0.1) is 11.3 Å². The van der Waals surface area contributed by atoms with Gasteiger partial charge in [0, 0.05) is 19.1 Å². The molecule has 0 aromatic carbocycles. The molecule has 2 atom stereocenters. The Morgan fingerprint density at radius 3 is 2.61 bits per heavy atom. The summed E-state index contributed by atoms with van der Waals surface area (Å²) in [4.78, 5) is 11.5. The zero-order chi connectivity index (χ0) is 13.2. The SMILES string of the molecule is CCCC(O)(C(=O)O)C1CCCC12CCOCC2. The van der Waals surface area contributed by atoms with Crippen LogP contribution >= 0.6 is 0 Å². The van der Waals surface area contributed by atoms with E-state index in [2.05, 4.69) is 0 Å². The first-order valence-corrected chi connectivity index (χ1v) is 7.09. The molecule has 4 heteroatoms. The van der Waals surface area contributed by atoms with Gasteiger partial charge in [-0.15, -0.1) is 0 Å². The van der Waals surface area contributed by atoms with Gasteiger partial charge in [-0.2, -0.15) is 0 Å². The highest BCUT2D eigenvalue weighted by Gasteiger charge is 2.56. The number of rotatable bonds is 4. The fourth-order valence-electron chi connectivity index (χ4n) is 4.07. The van der Waals surface area contributed by atoms with E-state index in [4.69, 9.17) is 4.74 Å². The summed E-state index contributed by atoms with van der Waals surface area (Å²) < 4.78 is 5.41. The van der Waals surface area contributed by atoms with Crippen molar-refractivity contribution in [3.05, 3.63) is 0 Å². The van der Waals surface area contributed by atoms with Gasteiger partial charge in [-0.25, -0.2) is 4.79 Å². The second-order valence-electron chi connectivity index (χ2n) is 5.90. The zero-order valence-corrected chi connectivity index (χ0v) is 11.2. The van der Waals surface area contributed by atoms with Crippen LogP contribution < -0.4 is 0 Å². The summed E-state index contributed by atoms with van der Waals surface area (Å²) in [6, 6.07) is 0. The molecule has 1 saturated carbocycles. The van der Waals surface area contributed by atoms with E-state index in [0.29, 0.717) is 26.1 Å². The second kappa shape index (κ2) is 5.17. The maximum Gasteiger partial charge on any atom is 0.335 e. The van der Waals surface area contributed by atoms with Crippen molar-refractivity contribution in [2.45, 2.75) is 57.5 Å². The summed E-state index contributed by atoms with van der Waals surface area (Å²) in [5.74, 6) is -1.14. The maximum atomic E-state index is 11.5. The Hall–Kier alpha value is -0.610. The molecule has 18 heavy (non-hydrogen) atoms. The second-order valence-corrected chi connectivity index (χ2v) is 5.90. The minimum absolute atomic E-state index is 0.000556. The van der Waals surface area contributed by atoms with Gasteiger partial charge in [0.15, 0.2) is 5.60 Å². The molecule has 1 spiro atoms. The molecule has 0 aromatic rings. The van der Waals surface area contributed by atoms with E-state index in [1.807, 2.05) is 6.92 Å². The molecule has 2 aliphatic rings. The fraction of sp³-hybridized carbons (Fsp3) is 0.929. The quantitative estimate of drug-likeness (QED) is 0.809. The first kappa shape index (κ1) is 13.8. The van der Waals surface area contributed by atoms with Gasteiger partial charge in [0.05, 0.1) is 0 Å². The summed E-state index contributed by atoms with van der Waals surface area (Å²) in [6.07, 6.45) is 5.77. The van der Waals surface area contributed by atoms with E-state index in [0.717, 1.165) is 32.1 Å². The topological polar surface area (TPSA) is 66.8 Å². The van der Waals surface area contributed by atoms with Crippen LogP contribution in [0.1, 0.15) is 51.9 Å². The molecule has 0 amide bonds. The van der Waals surface area contributed by atoms with Crippen LogP contribution in [0.2, 0.25) is 0 Å². The fourth-order valence-corrected chi connectivity index (χ4v) is 4.07. The average molecular weight is 256 g/mol. The van der Waals surface area contributed by atoms with Crippen LogP contribution in [0.25, 0.3) is 0 Å². The van der Waals surface area contributed by atoms with Crippen LogP contribution in [0.15, 0.2) is 0 Å². The van der Waals surface area contributed by atoms with Crippen LogP contribution in [-0.2, 0) is 9.53 Å². The zero-order valence-electron chi connectivity index (χ0n) is 11.2. The highest BCUT2D eigenvalue weighted by molar-refractivity contribution is 5.77. The first-order chi connectivity index (χ1) is 8.55. The molecule has 0 bridgehead atoms. The molecule has 2 rings (SSSR count). The Bertz CT molecular complexity index is 309. The van der Waals surface area contributed by atoms with E-state index in [9.17, 15) is 15.0 Å². The largest absolute Gasteiger partial charge is 0.479 e. The molecule has 1 aliphatic heterocycles. The third-order valence-electron chi connectivity index (χ3n) is 4.97. The Kier molecular flexibility index (Phi) is 3.97. The first-order valence-electron chi connectivity index (χ1n) is 7.09. The summed E-state index contributed by atoms with van der Waals surface area (Å²) in [5, 5.41) is 20.1. The smallest absolute Gasteiger partial charge is 0.335 e. The van der Waals surface area contributed by atoms with Gasteiger partial charge in [0.1, 0.15) is 0 Å². The standard InChI is InChI=1S/C14H24O4/c1-2-5-14(17,12(15)16)11-4-3-6-13(11)7-9-18-10-8-13/h11,17H,2-10H2,1H3,(H,15,16). The molecule has 4 nitrogen and oxygen atoms in total. The van der Waals surface area contributed by atoms with Gasteiger partial charge in [-0.1, -0.05) is 19.8 Å². The van der Waals surface area contributed by atoms with Crippen molar-refractivity contribution in [2.24, 2.45) is 11.3 Å². The van der Waals surface area contributed by atoms with Gasteiger partial charge in [0.25, 0.3) is 0 Å². The third-order valence-corrected chi connectivity index (χ3v) is 4.97. The van der Waals surface area contributed by atoms with Crippen molar-refractivity contribution < 1.29 is 19.7 Å². The molecule has 1 aliphatic carbocycles. The van der Waals surface area contributed by atoms with Gasteiger partial charge in [-0.05, 0) is 37.5 Å². The van der Waals surface area contributed by atoms with E-state index in [1.165, 1.54) is 0 Å². The van der Waals surface area contributed by atoms with E-state index in [-0.39, 0.29) is 11.3 Å². The minimum atomic E-state index is -1.54. The van der Waals surface area contributed by atoms with Crippen molar-refractivity contribution >= 4 is 5.97 Å². The number of carbonyl (C=O) groups is 1. The van der Waals surface area contributed by atoms with E-state index >= 15 is 0 Å². The van der Waals surface area contributed by atoms with Gasteiger partial charge in [0.2, 0.25) is 0 Å². The van der Waals surface area contributed by atoms with Crippen LogP contribution in [0.3, 0.4) is 0 Å². The highest BCUT2D eigenvalue weighted by atomic mass is 16.5. The molecule has 0 aromatic heterocycles. The predicted molar refractivity (Wildman–Crippen MR) is 67.3 cm³/mol. The molecule has 2 N–H and O–H groups in total. The van der Waals surface area contributed by atoms with Crippen molar-refractivity contribution in [2.75, 3.05) is 13.2 Å².